The third-order valence-corrected chi connectivity index (χ3v) is 2.96. The summed E-state index contributed by atoms with van der Waals surface area (Å²) in [6.07, 6.45) is 0.586. The number of aldehydes is 1. The van der Waals surface area contributed by atoms with Gasteiger partial charge in [-0.2, -0.15) is 0 Å². The molecule has 2 aromatic rings. The van der Waals surface area contributed by atoms with E-state index in [-0.39, 0.29) is 18.0 Å². The molecule has 1 aromatic heterocycles. The van der Waals surface area contributed by atoms with Gasteiger partial charge in [-0.3, -0.25) is 4.79 Å². The van der Waals surface area contributed by atoms with Crippen LogP contribution in [0.25, 0.3) is 11.1 Å². The van der Waals surface area contributed by atoms with Crippen molar-refractivity contribution >= 4 is 23.9 Å². The summed E-state index contributed by atoms with van der Waals surface area (Å²) in [5.74, 6) is -0.565. The fraction of sp³-hybridized carbons (Fsp3) is 0.133. The molecule has 1 heterocycles. The maximum atomic E-state index is 11.7. The molecule has 102 valence electrons. The molecule has 0 radical (unpaired) electrons. The Hall–Kier alpha value is -2.20. The first kappa shape index (κ1) is 14.2. The van der Waals surface area contributed by atoms with Crippen molar-refractivity contribution in [2.45, 2.75) is 6.92 Å². The lowest BCUT2D eigenvalue weighted by molar-refractivity contribution is 0.0519. The third kappa shape index (κ3) is 3.03. The number of aromatic nitrogens is 1. The van der Waals surface area contributed by atoms with Crippen LogP contribution in [0.2, 0.25) is 5.02 Å². The molecule has 0 atom stereocenters. The number of hydrogen-bond donors (Lipinski definition) is 0. The quantitative estimate of drug-likeness (QED) is 0.639. The van der Waals surface area contributed by atoms with Gasteiger partial charge in [0.1, 0.15) is 11.4 Å². The molecule has 1 aromatic carbocycles. The topological polar surface area (TPSA) is 56.3 Å². The van der Waals surface area contributed by atoms with Crippen molar-refractivity contribution in [2.24, 2.45) is 0 Å². The predicted molar refractivity (Wildman–Crippen MR) is 76.0 cm³/mol. The van der Waals surface area contributed by atoms with Crippen LogP contribution in [-0.4, -0.2) is 23.8 Å². The first-order chi connectivity index (χ1) is 9.65. The monoisotopic (exact) mass is 289 g/mol. The lowest BCUT2D eigenvalue weighted by Crippen LogP contribution is -2.08. The standard InChI is InChI=1S/C15H12ClNO3/c1-2-20-15(19)14-8-10(7-11(9-18)17-14)12-5-3-4-6-13(12)16/h3-9H,2H2,1H3. The molecule has 0 aliphatic rings. The fourth-order valence-corrected chi connectivity index (χ4v) is 2.02. The van der Waals surface area contributed by atoms with Crippen molar-refractivity contribution in [1.82, 2.24) is 4.98 Å². The summed E-state index contributed by atoms with van der Waals surface area (Å²) in [4.78, 5) is 26.6. The highest BCUT2D eigenvalue weighted by molar-refractivity contribution is 6.33. The van der Waals surface area contributed by atoms with Gasteiger partial charge < -0.3 is 4.74 Å². The highest BCUT2D eigenvalue weighted by Crippen LogP contribution is 2.28. The molecule has 0 aliphatic heterocycles. The zero-order chi connectivity index (χ0) is 14.5. The number of rotatable bonds is 4. The Morgan fingerprint density at radius 3 is 2.75 bits per heavy atom. The van der Waals surface area contributed by atoms with Crippen LogP contribution in [0.5, 0.6) is 0 Å². The van der Waals surface area contributed by atoms with Crippen molar-refractivity contribution in [3.63, 3.8) is 0 Å². The van der Waals surface area contributed by atoms with Crippen molar-refractivity contribution in [3.8, 4) is 11.1 Å². The van der Waals surface area contributed by atoms with Gasteiger partial charge in [0, 0.05) is 10.6 Å². The van der Waals surface area contributed by atoms with Crippen molar-refractivity contribution < 1.29 is 14.3 Å². The molecule has 0 N–H and O–H groups in total. The van der Waals surface area contributed by atoms with Crippen LogP contribution in [0.15, 0.2) is 36.4 Å². The average molecular weight is 290 g/mol. The lowest BCUT2D eigenvalue weighted by atomic mass is 10.0. The maximum Gasteiger partial charge on any atom is 0.356 e. The summed E-state index contributed by atoms with van der Waals surface area (Å²) < 4.78 is 4.90. The molecule has 0 saturated heterocycles. The minimum Gasteiger partial charge on any atom is -0.461 e. The van der Waals surface area contributed by atoms with E-state index in [0.29, 0.717) is 16.9 Å². The predicted octanol–water partition coefficient (Wildman–Crippen LogP) is 3.39. The van der Waals surface area contributed by atoms with Gasteiger partial charge in [0.25, 0.3) is 0 Å². The van der Waals surface area contributed by atoms with Crippen LogP contribution in [0.3, 0.4) is 0 Å². The zero-order valence-corrected chi connectivity index (χ0v) is 11.6. The van der Waals surface area contributed by atoms with E-state index >= 15 is 0 Å². The molecule has 0 saturated carbocycles. The van der Waals surface area contributed by atoms with E-state index in [4.69, 9.17) is 16.3 Å². The van der Waals surface area contributed by atoms with E-state index in [1.165, 1.54) is 0 Å². The van der Waals surface area contributed by atoms with Crippen LogP contribution in [0.4, 0.5) is 0 Å². The van der Waals surface area contributed by atoms with E-state index < -0.39 is 5.97 Å². The fourth-order valence-electron chi connectivity index (χ4n) is 1.77. The van der Waals surface area contributed by atoms with Gasteiger partial charge in [-0.1, -0.05) is 29.8 Å². The summed E-state index contributed by atoms with van der Waals surface area (Å²) in [5, 5.41) is 0.533. The molecule has 0 unspecified atom stereocenters. The van der Waals surface area contributed by atoms with Gasteiger partial charge in [-0.05, 0) is 30.7 Å². The highest BCUT2D eigenvalue weighted by atomic mass is 35.5. The van der Waals surface area contributed by atoms with Crippen LogP contribution >= 0.6 is 11.6 Å². The van der Waals surface area contributed by atoms with Gasteiger partial charge in [-0.15, -0.1) is 0 Å². The molecular weight excluding hydrogens is 278 g/mol. The van der Waals surface area contributed by atoms with E-state index in [1.807, 2.05) is 6.07 Å². The van der Waals surface area contributed by atoms with Gasteiger partial charge >= 0.3 is 5.97 Å². The molecule has 5 heteroatoms. The molecule has 0 spiro atoms. The zero-order valence-electron chi connectivity index (χ0n) is 10.8. The number of carbonyl (C=O) groups is 2. The number of benzene rings is 1. The first-order valence-corrected chi connectivity index (χ1v) is 6.42. The van der Waals surface area contributed by atoms with Crippen LogP contribution in [0.1, 0.15) is 27.9 Å². The van der Waals surface area contributed by atoms with E-state index in [0.717, 1.165) is 5.56 Å². The molecule has 0 fully saturated rings. The van der Waals surface area contributed by atoms with E-state index in [2.05, 4.69) is 4.98 Å². The Bertz CT molecular complexity index is 655. The summed E-state index contributed by atoms with van der Waals surface area (Å²) in [5.41, 5.74) is 1.62. The third-order valence-electron chi connectivity index (χ3n) is 2.64. The Morgan fingerprint density at radius 1 is 1.35 bits per heavy atom. The number of carbonyl (C=O) groups excluding carboxylic acids is 2. The Balaban J connectivity index is 2.54. The lowest BCUT2D eigenvalue weighted by Gasteiger charge is -2.07. The number of nitrogens with zero attached hydrogens (tertiary/aromatic N) is 1. The molecule has 0 aliphatic carbocycles. The Labute approximate surface area is 121 Å². The van der Waals surface area contributed by atoms with Crippen LogP contribution in [0, 0.1) is 0 Å². The molecule has 4 nitrogen and oxygen atoms in total. The number of ether oxygens (including phenoxy) is 1. The van der Waals surface area contributed by atoms with Gasteiger partial charge in [0.15, 0.2) is 6.29 Å². The van der Waals surface area contributed by atoms with Crippen LogP contribution in [-0.2, 0) is 4.74 Å². The minimum absolute atomic E-state index is 0.0892. The number of esters is 1. The van der Waals surface area contributed by atoms with Gasteiger partial charge in [0.05, 0.1) is 6.61 Å². The normalized spacial score (nSPS) is 10.1. The summed E-state index contributed by atoms with van der Waals surface area (Å²) in [6.45, 7) is 1.95. The minimum atomic E-state index is -0.565. The molecule has 2 rings (SSSR count). The SMILES string of the molecule is CCOC(=O)c1cc(-c2ccccc2Cl)cc(C=O)n1. The summed E-state index contributed by atoms with van der Waals surface area (Å²) in [6, 6.07) is 10.3. The van der Waals surface area contributed by atoms with E-state index in [1.54, 1.807) is 37.3 Å². The Morgan fingerprint density at radius 2 is 2.10 bits per heavy atom. The second kappa shape index (κ2) is 6.30. The summed E-state index contributed by atoms with van der Waals surface area (Å²) in [7, 11) is 0. The van der Waals surface area contributed by atoms with Gasteiger partial charge in [0.2, 0.25) is 0 Å². The van der Waals surface area contributed by atoms with Gasteiger partial charge in [-0.25, -0.2) is 9.78 Å². The highest BCUT2D eigenvalue weighted by Gasteiger charge is 2.13. The number of pyridine rings is 1. The second-order valence-corrected chi connectivity index (χ2v) is 4.39. The second-order valence-electron chi connectivity index (χ2n) is 3.98. The smallest absolute Gasteiger partial charge is 0.356 e. The average Bonchev–Trinajstić information content (AvgIpc) is 2.47. The largest absolute Gasteiger partial charge is 0.461 e. The number of hydrogen-bond acceptors (Lipinski definition) is 4. The Kier molecular flexibility index (Phi) is 4.48. The van der Waals surface area contributed by atoms with Crippen molar-refractivity contribution in [3.05, 3.63) is 52.8 Å². The van der Waals surface area contributed by atoms with Crippen molar-refractivity contribution in [1.29, 1.82) is 0 Å². The number of halogens is 1. The maximum absolute atomic E-state index is 11.7. The molecular formula is C15H12ClNO3. The molecule has 0 amide bonds. The van der Waals surface area contributed by atoms with Crippen molar-refractivity contribution in [2.75, 3.05) is 6.61 Å². The first-order valence-electron chi connectivity index (χ1n) is 6.05. The van der Waals surface area contributed by atoms with Crippen LogP contribution < -0.4 is 0 Å². The summed E-state index contributed by atoms with van der Waals surface area (Å²) >= 11 is 6.12. The molecule has 0 bridgehead atoms. The molecule has 20 heavy (non-hydrogen) atoms. The van der Waals surface area contributed by atoms with E-state index in [9.17, 15) is 9.59 Å².